The molecule has 72 heavy (non-hydrogen) atoms. The summed E-state index contributed by atoms with van der Waals surface area (Å²) in [4.78, 5) is 57.2. The molecule has 7 aliphatic rings. The number of rotatable bonds is 14. The molecule has 10 rings (SSSR count). The van der Waals surface area contributed by atoms with Gasteiger partial charge in [0.2, 0.25) is 12.2 Å². The van der Waals surface area contributed by atoms with Gasteiger partial charge >= 0.3 is 0 Å². The minimum absolute atomic E-state index is 0.00245. The molecule has 13 N–H and O–H groups in total. The second-order valence-electron chi connectivity index (χ2n) is 19.4. The number of allylic oxidation sites excluding steroid dienone is 1. The Labute approximate surface area is 414 Å². The normalized spacial score (nSPS) is 31.2. The summed E-state index contributed by atoms with van der Waals surface area (Å²) in [7, 11) is 0. The molecule has 6 aliphatic heterocycles. The summed E-state index contributed by atoms with van der Waals surface area (Å²) in [6.07, 6.45) is -5.66. The maximum atomic E-state index is 15.1. The molecular formula is C51H61N7O14. The molecule has 0 aromatic heterocycles. The number of nitrogens with one attached hydrogen (secondary N) is 4. The number of aldehydes is 1. The van der Waals surface area contributed by atoms with Crippen molar-refractivity contribution >= 4 is 29.4 Å². The zero-order chi connectivity index (χ0) is 50.4. The molecular weight excluding hydrogens is 935 g/mol. The fourth-order valence-corrected chi connectivity index (χ4v) is 11.5. The molecule has 3 aromatic carbocycles. The molecule has 1 amide bonds. The smallest absolute Gasteiger partial charge is 0.242 e. The first kappa shape index (κ1) is 49.7. The van der Waals surface area contributed by atoms with Crippen molar-refractivity contribution in [1.29, 1.82) is 0 Å². The van der Waals surface area contributed by atoms with Gasteiger partial charge in [0.1, 0.15) is 55.8 Å². The summed E-state index contributed by atoms with van der Waals surface area (Å²) in [5.41, 5.74) is 14.9. The highest BCUT2D eigenvalue weighted by molar-refractivity contribution is 6.29. The third kappa shape index (κ3) is 9.28. The van der Waals surface area contributed by atoms with Crippen LogP contribution in [0.4, 0.5) is 5.69 Å². The van der Waals surface area contributed by atoms with Gasteiger partial charge in [-0.3, -0.25) is 30.8 Å². The second kappa shape index (κ2) is 21.0. The van der Waals surface area contributed by atoms with E-state index in [1.165, 1.54) is 12.1 Å². The number of nitrogens with zero attached hydrogens (tertiary/aromatic N) is 1. The van der Waals surface area contributed by atoms with E-state index in [0.29, 0.717) is 66.7 Å². The third-order valence-corrected chi connectivity index (χ3v) is 15.0. The van der Waals surface area contributed by atoms with Crippen LogP contribution in [0.2, 0.25) is 0 Å². The van der Waals surface area contributed by atoms with E-state index in [1.807, 2.05) is 35.2 Å². The number of nitrogens with two attached hydrogens (primary N) is 2. The van der Waals surface area contributed by atoms with Gasteiger partial charge in [-0.2, -0.15) is 0 Å². The highest BCUT2D eigenvalue weighted by atomic mass is 16.7. The van der Waals surface area contributed by atoms with Gasteiger partial charge in [-0.1, -0.05) is 30.3 Å². The summed E-state index contributed by atoms with van der Waals surface area (Å²) >= 11 is 0. The molecule has 6 heterocycles. The van der Waals surface area contributed by atoms with E-state index in [4.69, 9.17) is 35.2 Å². The van der Waals surface area contributed by atoms with Crippen LogP contribution in [0.1, 0.15) is 86.6 Å². The summed E-state index contributed by atoms with van der Waals surface area (Å²) < 4.78 is 33.6. The maximum absolute atomic E-state index is 15.1. The van der Waals surface area contributed by atoms with Gasteiger partial charge in [-0.05, 0) is 84.6 Å². The number of ketones is 2. The van der Waals surface area contributed by atoms with Crippen LogP contribution in [0, 0.1) is 11.8 Å². The first-order chi connectivity index (χ1) is 34.9. The molecule has 0 unspecified atom stereocenters. The fraction of sp³-hybridized carbons (Fsp3) is 0.490. The number of ether oxygens (including phenoxy) is 5. The summed E-state index contributed by atoms with van der Waals surface area (Å²) in [6, 6.07) is 12.9. The van der Waals surface area contributed by atoms with Gasteiger partial charge in [-0.15, -0.1) is 0 Å². The van der Waals surface area contributed by atoms with Crippen LogP contribution < -0.4 is 47.1 Å². The predicted molar refractivity (Wildman–Crippen MR) is 255 cm³/mol. The average molecular weight is 996 g/mol. The number of hydrogen-bond acceptors (Lipinski definition) is 20. The molecule has 21 nitrogen and oxygen atoms in total. The Morgan fingerprint density at radius 3 is 2.61 bits per heavy atom. The van der Waals surface area contributed by atoms with E-state index in [2.05, 4.69) is 21.3 Å². The summed E-state index contributed by atoms with van der Waals surface area (Å²) in [6.45, 7) is -0.467. The first-order valence-corrected chi connectivity index (χ1v) is 24.5. The number of hydrogen-bond donors (Lipinski definition) is 11. The van der Waals surface area contributed by atoms with E-state index in [9.17, 15) is 35.1 Å². The molecule has 13 atom stereocenters. The average Bonchev–Trinajstić information content (AvgIpc) is 3.68. The van der Waals surface area contributed by atoms with Crippen molar-refractivity contribution in [3.05, 3.63) is 111 Å². The highest BCUT2D eigenvalue weighted by Gasteiger charge is 2.53. The number of dihydropyridines is 1. The SMILES string of the molecule is NC1=CC(CCO[C@@H]2[C@H]3Oc4c(cc5c(c4OC[C@H](O)CC=O)C(=O)c4cc(CO)ccc4C5=O)[C@@H](c4ccccc4N4CN[C@H]5C(=O)N[C@H](N)N[C@@H]54)[C@@H]4CO[C@H](CC[C@H]4CCO)[C@H](O3)[C@H](O)[C@H]2O)=CCN1. The molecule has 1 aliphatic carbocycles. The van der Waals surface area contributed by atoms with Crippen LogP contribution in [0.5, 0.6) is 11.5 Å². The first-order valence-electron chi connectivity index (χ1n) is 24.5. The number of para-hydroxylation sites is 1. The largest absolute Gasteiger partial charge is 0.486 e. The molecule has 384 valence electrons. The topological polar surface area (TPSA) is 319 Å². The Hall–Kier alpha value is -5.82. The van der Waals surface area contributed by atoms with Crippen LogP contribution in [0.25, 0.3) is 0 Å². The molecule has 0 radical (unpaired) electrons. The summed E-state index contributed by atoms with van der Waals surface area (Å²) in [5, 5.41) is 68.4. The molecule has 0 spiro atoms. The number of fused-ring (bicyclic) bond motifs is 10. The number of amides is 1. The van der Waals surface area contributed by atoms with Crippen molar-refractivity contribution in [2.24, 2.45) is 23.3 Å². The maximum Gasteiger partial charge on any atom is 0.242 e. The van der Waals surface area contributed by atoms with Crippen molar-refractivity contribution in [2.75, 3.05) is 44.5 Å². The van der Waals surface area contributed by atoms with Gasteiger partial charge in [0.25, 0.3) is 0 Å². The lowest BCUT2D eigenvalue weighted by atomic mass is 9.70. The molecule has 0 saturated carbocycles. The Morgan fingerprint density at radius 2 is 1.82 bits per heavy atom. The number of benzene rings is 3. The standard InChI is InChI=1S/C51H61N7O14/c52-36-18-24(9-13-54-36)12-16-68-47-43(66)42(65)45-35-8-6-26(10-14-59)33(22-69-35)37(29-3-1-2-4-34(29)58-23-55-39-48(58)56-51(53)57-49(39)67)32-19-31-38(41(64)30-17-25(20-61)5-7-28(30)40(31)63)46(44(32)71-50(47)72-45)70-21-27(62)11-15-60/h1-5,7,9,15,17-19,26-27,33,35,37,39,42-43,45,47-48,50-51,54-56,59,61-62,65-66H,6,8,10-14,16,20-23,52-53H2,(H,57,67)/t26-,27+,33+,35+,37+,39+,42+,43+,45-,47-,48+,50-,51+/m0/s1. The minimum atomic E-state index is -1.63. The number of aliphatic hydroxyl groups is 5. The zero-order valence-corrected chi connectivity index (χ0v) is 39.4. The second-order valence-corrected chi connectivity index (χ2v) is 19.4. The lowest BCUT2D eigenvalue weighted by Gasteiger charge is -2.44. The van der Waals surface area contributed by atoms with Crippen molar-refractivity contribution in [1.82, 2.24) is 21.3 Å². The minimum Gasteiger partial charge on any atom is -0.486 e. The van der Waals surface area contributed by atoms with Crippen LogP contribution >= 0.6 is 0 Å². The van der Waals surface area contributed by atoms with Crippen molar-refractivity contribution in [2.45, 2.75) is 106 Å². The van der Waals surface area contributed by atoms with Crippen LogP contribution in [0.15, 0.2) is 72.1 Å². The number of anilines is 1. The molecule has 21 heteroatoms. The van der Waals surface area contributed by atoms with Gasteiger partial charge in [-0.25, -0.2) is 0 Å². The molecule has 4 bridgehead atoms. The molecule has 4 fully saturated rings. The molecule has 3 aromatic rings. The lowest BCUT2D eigenvalue weighted by Crippen LogP contribution is -2.70. The van der Waals surface area contributed by atoms with Crippen LogP contribution in [-0.4, -0.2) is 150 Å². The van der Waals surface area contributed by atoms with Gasteiger partial charge in [0.15, 0.2) is 23.1 Å². The van der Waals surface area contributed by atoms with Gasteiger partial charge in [0, 0.05) is 53.4 Å². The van der Waals surface area contributed by atoms with Gasteiger partial charge in [0.05, 0.1) is 50.1 Å². The quantitative estimate of drug-likeness (QED) is 0.0688. The summed E-state index contributed by atoms with van der Waals surface area (Å²) in [5.74, 6) is -3.18. The van der Waals surface area contributed by atoms with Crippen molar-refractivity contribution in [3.8, 4) is 11.5 Å². The Kier molecular flexibility index (Phi) is 14.5. The van der Waals surface area contributed by atoms with Crippen LogP contribution in [0.3, 0.4) is 0 Å². The predicted octanol–water partition coefficient (Wildman–Crippen LogP) is -0.824. The third-order valence-electron chi connectivity index (χ3n) is 15.0. The van der Waals surface area contributed by atoms with E-state index >= 15 is 9.59 Å². The van der Waals surface area contributed by atoms with Gasteiger partial charge < -0.3 is 75.3 Å². The number of carbonyl (C=O) groups is 4. The van der Waals surface area contributed by atoms with Crippen molar-refractivity contribution < 1.29 is 68.4 Å². The number of aliphatic hydroxyl groups excluding tert-OH is 5. The van der Waals surface area contributed by atoms with E-state index in [-0.39, 0.29) is 78.5 Å². The Bertz CT molecular complexity index is 2650. The van der Waals surface area contributed by atoms with Crippen molar-refractivity contribution in [3.63, 3.8) is 0 Å². The van der Waals surface area contributed by atoms with Crippen LogP contribution in [-0.2, 0) is 30.4 Å². The highest BCUT2D eigenvalue weighted by Crippen LogP contribution is 2.54. The van der Waals surface area contributed by atoms with E-state index in [0.717, 1.165) is 5.57 Å². The monoisotopic (exact) mass is 995 g/mol. The lowest BCUT2D eigenvalue weighted by molar-refractivity contribution is -0.300. The molecule has 4 saturated heterocycles. The Balaban J connectivity index is 1.22. The Morgan fingerprint density at radius 1 is 0.986 bits per heavy atom. The van der Waals surface area contributed by atoms with E-state index in [1.54, 1.807) is 18.2 Å². The number of carbonyl (C=O) groups excluding carboxylic acids is 4. The zero-order valence-electron chi connectivity index (χ0n) is 39.4. The fourth-order valence-electron chi connectivity index (χ4n) is 11.5. The van der Waals surface area contributed by atoms with E-state index < -0.39 is 98.0 Å².